The number of thioether (sulfide) groups is 1. The van der Waals surface area contributed by atoms with E-state index in [1.807, 2.05) is 0 Å². The number of benzene rings is 1. The molecule has 0 unspecified atom stereocenters. The quantitative estimate of drug-likeness (QED) is 0.859. The van der Waals surface area contributed by atoms with Gasteiger partial charge in [0.1, 0.15) is 5.15 Å². The highest BCUT2D eigenvalue weighted by molar-refractivity contribution is 8.00. The van der Waals surface area contributed by atoms with Gasteiger partial charge in [0.2, 0.25) is 0 Å². The summed E-state index contributed by atoms with van der Waals surface area (Å²) < 4.78 is 0.906. The van der Waals surface area contributed by atoms with Crippen molar-refractivity contribution < 1.29 is 5.11 Å². The van der Waals surface area contributed by atoms with E-state index in [-0.39, 0.29) is 6.61 Å². The second-order valence-electron chi connectivity index (χ2n) is 4.14. The molecule has 18 heavy (non-hydrogen) atoms. The summed E-state index contributed by atoms with van der Waals surface area (Å²) in [5.74, 6) is 0.872. The lowest BCUT2D eigenvalue weighted by Crippen LogP contribution is -1.84. The molecular weight excluding hydrogens is 286 g/mol. The van der Waals surface area contributed by atoms with Crippen LogP contribution < -0.4 is 0 Å². The van der Waals surface area contributed by atoms with Crippen molar-refractivity contribution in [3.05, 3.63) is 44.9 Å². The molecule has 1 N–H and O–H groups in total. The fourth-order valence-corrected chi connectivity index (χ4v) is 4.00. The molecule has 0 fully saturated rings. The average Bonchev–Trinajstić information content (AvgIpc) is 2.66. The minimum absolute atomic E-state index is 0.0411. The van der Waals surface area contributed by atoms with E-state index in [1.165, 1.54) is 28.0 Å². The van der Waals surface area contributed by atoms with Crippen LogP contribution in [0.1, 0.15) is 21.6 Å². The molecule has 1 aromatic carbocycles. The zero-order valence-corrected chi connectivity index (χ0v) is 12.6. The van der Waals surface area contributed by atoms with Gasteiger partial charge in [-0.05, 0) is 19.4 Å². The van der Waals surface area contributed by atoms with Crippen LogP contribution >= 0.6 is 34.7 Å². The third-order valence-electron chi connectivity index (χ3n) is 2.42. The molecule has 2 aromatic rings. The van der Waals surface area contributed by atoms with Gasteiger partial charge in [0.15, 0.2) is 4.34 Å². The smallest absolute Gasteiger partial charge is 0.152 e. The Morgan fingerprint density at radius 3 is 2.50 bits per heavy atom. The van der Waals surface area contributed by atoms with Gasteiger partial charge in [-0.25, -0.2) is 4.98 Å². The van der Waals surface area contributed by atoms with Crippen LogP contribution in [-0.2, 0) is 12.4 Å². The molecule has 0 amide bonds. The average molecular weight is 300 g/mol. The molecule has 0 atom stereocenters. The normalized spacial score (nSPS) is 10.9. The summed E-state index contributed by atoms with van der Waals surface area (Å²) in [6.07, 6.45) is 0. The maximum absolute atomic E-state index is 9.07. The number of aromatic nitrogens is 1. The topological polar surface area (TPSA) is 33.1 Å². The van der Waals surface area contributed by atoms with E-state index in [0.717, 1.165) is 15.0 Å². The Morgan fingerprint density at radius 2 is 1.94 bits per heavy atom. The standard InChI is InChI=1S/C13H14ClNOS2/c1-8-3-9(2)5-10(4-8)7-17-13-15-12(14)11(6-16)18-13/h3-5,16H,6-7H2,1-2H3. The van der Waals surface area contributed by atoms with Crippen LogP contribution in [-0.4, -0.2) is 10.1 Å². The van der Waals surface area contributed by atoms with Crippen molar-refractivity contribution in [3.63, 3.8) is 0 Å². The van der Waals surface area contributed by atoms with Gasteiger partial charge in [0, 0.05) is 5.75 Å². The van der Waals surface area contributed by atoms with Crippen LogP contribution in [0.25, 0.3) is 0 Å². The zero-order chi connectivity index (χ0) is 13.1. The predicted molar refractivity (Wildman–Crippen MR) is 78.5 cm³/mol. The molecule has 5 heteroatoms. The summed E-state index contributed by atoms with van der Waals surface area (Å²) in [6, 6.07) is 6.53. The second kappa shape index (κ2) is 6.06. The first-order valence-corrected chi connectivity index (χ1v) is 7.72. The molecule has 0 aliphatic carbocycles. The fourth-order valence-electron chi connectivity index (χ4n) is 1.77. The van der Waals surface area contributed by atoms with E-state index in [4.69, 9.17) is 16.7 Å². The number of aliphatic hydroxyl groups excluding tert-OH is 1. The third kappa shape index (κ3) is 3.48. The van der Waals surface area contributed by atoms with Gasteiger partial charge in [0.25, 0.3) is 0 Å². The molecular formula is C13H14ClNOS2. The number of aryl methyl sites for hydroxylation is 2. The van der Waals surface area contributed by atoms with Crippen molar-refractivity contribution in [2.45, 2.75) is 30.5 Å². The monoisotopic (exact) mass is 299 g/mol. The number of hydrogen-bond donors (Lipinski definition) is 1. The van der Waals surface area contributed by atoms with Gasteiger partial charge >= 0.3 is 0 Å². The first kappa shape index (κ1) is 13.9. The van der Waals surface area contributed by atoms with Gasteiger partial charge in [0.05, 0.1) is 11.5 Å². The molecule has 1 aromatic heterocycles. The minimum Gasteiger partial charge on any atom is -0.391 e. The number of thiazole rings is 1. The lowest BCUT2D eigenvalue weighted by molar-refractivity contribution is 0.285. The van der Waals surface area contributed by atoms with Crippen molar-refractivity contribution in [2.75, 3.05) is 0 Å². The molecule has 0 radical (unpaired) electrons. The molecule has 2 rings (SSSR count). The molecule has 0 saturated heterocycles. The minimum atomic E-state index is -0.0411. The van der Waals surface area contributed by atoms with Crippen molar-refractivity contribution >= 4 is 34.7 Å². The van der Waals surface area contributed by atoms with Crippen LogP contribution in [0.15, 0.2) is 22.5 Å². The summed E-state index contributed by atoms with van der Waals surface area (Å²) in [5, 5.41) is 9.49. The number of aliphatic hydroxyl groups is 1. The number of rotatable bonds is 4. The van der Waals surface area contributed by atoms with E-state index in [2.05, 4.69) is 37.0 Å². The fraction of sp³-hybridized carbons (Fsp3) is 0.308. The summed E-state index contributed by atoms with van der Waals surface area (Å²) in [4.78, 5) is 4.96. The van der Waals surface area contributed by atoms with Crippen molar-refractivity contribution in [1.29, 1.82) is 0 Å². The van der Waals surface area contributed by atoms with Crippen LogP contribution in [0, 0.1) is 13.8 Å². The maximum atomic E-state index is 9.07. The molecule has 0 bridgehead atoms. The SMILES string of the molecule is Cc1cc(C)cc(CSc2nc(Cl)c(CO)s2)c1. The maximum Gasteiger partial charge on any atom is 0.152 e. The van der Waals surface area contributed by atoms with E-state index in [9.17, 15) is 0 Å². The highest BCUT2D eigenvalue weighted by Crippen LogP contribution is 2.32. The largest absolute Gasteiger partial charge is 0.391 e. The van der Waals surface area contributed by atoms with E-state index >= 15 is 0 Å². The first-order valence-electron chi connectivity index (χ1n) is 5.54. The highest BCUT2D eigenvalue weighted by Gasteiger charge is 2.09. The Bertz CT molecular complexity index is 534. The Kier molecular flexibility index (Phi) is 4.67. The van der Waals surface area contributed by atoms with Crippen molar-refractivity contribution in [2.24, 2.45) is 0 Å². The molecule has 1 heterocycles. The summed E-state index contributed by atoms with van der Waals surface area (Å²) in [7, 11) is 0. The molecule has 2 nitrogen and oxygen atoms in total. The molecule has 0 saturated carbocycles. The van der Waals surface area contributed by atoms with Crippen LogP contribution in [0.3, 0.4) is 0 Å². The lowest BCUT2D eigenvalue weighted by Gasteiger charge is -2.03. The Balaban J connectivity index is 2.06. The zero-order valence-electron chi connectivity index (χ0n) is 10.2. The lowest BCUT2D eigenvalue weighted by atomic mass is 10.1. The Hall–Kier alpha value is -0.550. The van der Waals surface area contributed by atoms with Gasteiger partial charge in [-0.3, -0.25) is 0 Å². The van der Waals surface area contributed by atoms with Gasteiger partial charge in [-0.1, -0.05) is 52.7 Å². The van der Waals surface area contributed by atoms with Gasteiger partial charge in [-0.15, -0.1) is 11.3 Å². The van der Waals surface area contributed by atoms with Crippen LogP contribution in [0.2, 0.25) is 5.15 Å². The van der Waals surface area contributed by atoms with Crippen LogP contribution in [0.5, 0.6) is 0 Å². The van der Waals surface area contributed by atoms with Crippen LogP contribution in [0.4, 0.5) is 0 Å². The Morgan fingerprint density at radius 1 is 1.28 bits per heavy atom. The van der Waals surface area contributed by atoms with E-state index < -0.39 is 0 Å². The summed E-state index contributed by atoms with van der Waals surface area (Å²) >= 11 is 9.01. The van der Waals surface area contributed by atoms with E-state index in [1.54, 1.807) is 11.8 Å². The third-order valence-corrected chi connectivity index (χ3v) is 5.10. The highest BCUT2D eigenvalue weighted by atomic mass is 35.5. The Labute approximate surface area is 120 Å². The second-order valence-corrected chi connectivity index (χ2v) is 6.80. The molecule has 0 spiro atoms. The first-order chi connectivity index (χ1) is 8.58. The predicted octanol–water partition coefficient (Wildman–Crippen LogP) is 4.20. The van der Waals surface area contributed by atoms with Crippen molar-refractivity contribution in [3.8, 4) is 0 Å². The number of nitrogens with zero attached hydrogens (tertiary/aromatic N) is 1. The number of hydrogen-bond acceptors (Lipinski definition) is 4. The van der Waals surface area contributed by atoms with Crippen molar-refractivity contribution in [1.82, 2.24) is 4.98 Å². The van der Waals surface area contributed by atoms with E-state index in [0.29, 0.717) is 5.15 Å². The summed E-state index contributed by atoms with van der Waals surface area (Å²) in [6.45, 7) is 4.16. The molecule has 96 valence electrons. The summed E-state index contributed by atoms with van der Waals surface area (Å²) in [5.41, 5.74) is 3.84. The van der Waals surface area contributed by atoms with Gasteiger partial charge < -0.3 is 5.11 Å². The molecule has 0 aliphatic heterocycles. The molecule has 0 aliphatic rings. The number of halogens is 1. The van der Waals surface area contributed by atoms with Gasteiger partial charge in [-0.2, -0.15) is 0 Å².